The zero-order valence-electron chi connectivity index (χ0n) is 16.4. The molecule has 1 aromatic heterocycles. The van der Waals surface area contributed by atoms with Crippen LogP contribution in [0.4, 0.5) is 11.6 Å². The predicted octanol–water partition coefficient (Wildman–Crippen LogP) is 3.26. The van der Waals surface area contributed by atoms with E-state index in [-0.39, 0.29) is 16.9 Å². The van der Waals surface area contributed by atoms with E-state index in [0.717, 1.165) is 37.9 Å². The van der Waals surface area contributed by atoms with Gasteiger partial charge in [-0.15, -0.1) is 0 Å². The molecule has 1 aliphatic rings. The molecule has 0 saturated carbocycles. The number of anilines is 2. The number of benzene rings is 1. The molecule has 2 aromatic rings. The van der Waals surface area contributed by atoms with Gasteiger partial charge in [-0.2, -0.15) is 15.8 Å². The molecule has 2 heterocycles. The zero-order chi connectivity index (χ0) is 20.8. The molecule has 3 rings (SSSR count). The van der Waals surface area contributed by atoms with Crippen molar-refractivity contribution in [3.63, 3.8) is 0 Å². The summed E-state index contributed by atoms with van der Waals surface area (Å²) in [6.45, 7) is 1.55. The number of rotatable bonds is 5. The lowest BCUT2D eigenvalue weighted by Crippen LogP contribution is -2.31. The summed E-state index contributed by atoms with van der Waals surface area (Å²) < 4.78 is 5.26. The first-order chi connectivity index (χ1) is 14.1. The molecular formula is C22H22N6O. The molecule has 0 aliphatic carbocycles. The Morgan fingerprint density at radius 1 is 1.14 bits per heavy atom. The van der Waals surface area contributed by atoms with Gasteiger partial charge in [-0.3, -0.25) is 0 Å². The molecule has 7 heteroatoms. The van der Waals surface area contributed by atoms with Crippen LogP contribution in [0.15, 0.2) is 24.3 Å². The molecular weight excluding hydrogens is 364 g/mol. The monoisotopic (exact) mass is 386 g/mol. The summed E-state index contributed by atoms with van der Waals surface area (Å²) in [6, 6.07) is 13.9. The van der Waals surface area contributed by atoms with E-state index in [9.17, 15) is 15.8 Å². The summed E-state index contributed by atoms with van der Waals surface area (Å²) in [4.78, 5) is 6.41. The van der Waals surface area contributed by atoms with Crippen molar-refractivity contribution in [1.29, 1.82) is 15.8 Å². The zero-order valence-corrected chi connectivity index (χ0v) is 16.4. The van der Waals surface area contributed by atoms with Crippen molar-refractivity contribution in [1.82, 2.24) is 4.98 Å². The molecule has 0 bridgehead atoms. The molecule has 2 N–H and O–H groups in total. The minimum absolute atomic E-state index is 0.0629. The van der Waals surface area contributed by atoms with Crippen LogP contribution >= 0.6 is 0 Å². The normalized spacial score (nSPS) is 14.3. The van der Waals surface area contributed by atoms with Gasteiger partial charge in [-0.1, -0.05) is 12.1 Å². The molecule has 7 nitrogen and oxygen atoms in total. The Labute approximate surface area is 170 Å². The highest BCUT2D eigenvalue weighted by Crippen LogP contribution is 2.35. The van der Waals surface area contributed by atoms with Gasteiger partial charge in [0.25, 0.3) is 0 Å². The number of pyridine rings is 1. The van der Waals surface area contributed by atoms with Gasteiger partial charge >= 0.3 is 0 Å². The van der Waals surface area contributed by atoms with E-state index in [1.54, 1.807) is 7.11 Å². The third-order valence-corrected chi connectivity index (χ3v) is 5.20. The van der Waals surface area contributed by atoms with Crippen molar-refractivity contribution in [3.8, 4) is 24.0 Å². The maximum absolute atomic E-state index is 9.94. The third kappa shape index (κ3) is 4.08. The van der Waals surface area contributed by atoms with Crippen molar-refractivity contribution in [2.45, 2.75) is 31.6 Å². The van der Waals surface area contributed by atoms with Crippen LogP contribution < -0.4 is 15.4 Å². The molecule has 146 valence electrons. The maximum Gasteiger partial charge on any atom is 0.149 e. The third-order valence-electron chi connectivity index (χ3n) is 5.20. The molecule has 0 radical (unpaired) electrons. The Hall–Kier alpha value is -3.76. The largest absolute Gasteiger partial charge is 0.497 e. The second-order valence-corrected chi connectivity index (χ2v) is 6.99. The molecule has 1 aromatic carbocycles. The number of nitrogens with zero attached hydrogens (tertiary/aromatic N) is 5. The summed E-state index contributed by atoms with van der Waals surface area (Å²) in [5.74, 6) is 0.515. The summed E-state index contributed by atoms with van der Waals surface area (Å²) in [5.41, 5.74) is 7.72. The van der Waals surface area contributed by atoms with E-state index in [0.29, 0.717) is 23.6 Å². The van der Waals surface area contributed by atoms with E-state index < -0.39 is 5.92 Å². The minimum atomic E-state index is -0.708. The van der Waals surface area contributed by atoms with Crippen molar-refractivity contribution < 1.29 is 4.74 Å². The number of hydrogen-bond donors (Lipinski definition) is 1. The molecule has 1 atom stereocenters. The highest BCUT2D eigenvalue weighted by atomic mass is 16.5. The lowest BCUT2D eigenvalue weighted by Gasteiger charge is -2.30. The molecule has 0 unspecified atom stereocenters. The fraction of sp³-hybridized carbons (Fsp3) is 0.364. The van der Waals surface area contributed by atoms with Gasteiger partial charge < -0.3 is 15.4 Å². The molecule has 1 fully saturated rings. The van der Waals surface area contributed by atoms with Gasteiger partial charge in [-0.05, 0) is 43.4 Å². The minimum Gasteiger partial charge on any atom is -0.497 e. The average Bonchev–Trinajstić information content (AvgIpc) is 2.77. The first-order valence-electron chi connectivity index (χ1n) is 9.54. The number of nitrogens with two attached hydrogens (primary N) is 1. The summed E-state index contributed by atoms with van der Waals surface area (Å²) in [7, 11) is 1.58. The Balaban J connectivity index is 2.12. The highest BCUT2D eigenvalue weighted by molar-refractivity contribution is 5.70. The smallest absolute Gasteiger partial charge is 0.149 e. The number of ether oxygens (including phenoxy) is 1. The van der Waals surface area contributed by atoms with E-state index in [1.807, 2.05) is 29.2 Å². The van der Waals surface area contributed by atoms with E-state index in [4.69, 9.17) is 10.5 Å². The highest BCUT2D eigenvalue weighted by Gasteiger charge is 2.28. The number of aromatic nitrogens is 1. The molecule has 29 heavy (non-hydrogen) atoms. The van der Waals surface area contributed by atoms with E-state index in [2.05, 4.69) is 23.2 Å². The Morgan fingerprint density at radius 2 is 1.86 bits per heavy atom. The average molecular weight is 386 g/mol. The second-order valence-electron chi connectivity index (χ2n) is 6.99. The Bertz CT molecular complexity index is 1020. The van der Waals surface area contributed by atoms with Gasteiger partial charge in [0.1, 0.15) is 40.7 Å². The van der Waals surface area contributed by atoms with Crippen LogP contribution in [-0.2, 0) is 6.42 Å². The predicted molar refractivity (Wildman–Crippen MR) is 109 cm³/mol. The molecule has 0 spiro atoms. The fourth-order valence-electron chi connectivity index (χ4n) is 3.77. The first kappa shape index (κ1) is 20.0. The van der Waals surface area contributed by atoms with Crippen molar-refractivity contribution in [2.24, 2.45) is 0 Å². The fourth-order valence-corrected chi connectivity index (χ4v) is 3.77. The van der Waals surface area contributed by atoms with Gasteiger partial charge in [0, 0.05) is 18.7 Å². The maximum atomic E-state index is 9.94. The van der Waals surface area contributed by atoms with Gasteiger partial charge in [0.05, 0.1) is 19.1 Å². The van der Waals surface area contributed by atoms with Crippen molar-refractivity contribution in [3.05, 3.63) is 46.5 Å². The SMILES string of the molecule is COc1cccc(C[C@H](C#N)c2c(C#N)c(N)nc(N3CCCCC3)c2C#N)c1. The van der Waals surface area contributed by atoms with Crippen LogP contribution in [-0.4, -0.2) is 25.2 Å². The van der Waals surface area contributed by atoms with E-state index in [1.165, 1.54) is 0 Å². The standard InChI is InChI=1S/C22H22N6O/c1-29-17-7-5-6-15(11-17)10-16(12-23)20-18(13-24)21(26)27-22(19(20)14-25)28-8-3-2-4-9-28/h5-7,11,16H,2-4,8-10H2,1H3,(H2,26,27)/t16-/m1/s1. The number of nitrogen functional groups attached to an aromatic ring is 1. The molecule has 0 amide bonds. The topological polar surface area (TPSA) is 123 Å². The number of hydrogen-bond acceptors (Lipinski definition) is 7. The van der Waals surface area contributed by atoms with Gasteiger partial charge in [0.15, 0.2) is 0 Å². The van der Waals surface area contributed by atoms with Crippen LogP contribution in [0.5, 0.6) is 5.75 Å². The van der Waals surface area contributed by atoms with Crippen LogP contribution in [0, 0.1) is 34.0 Å². The molecule has 1 saturated heterocycles. The summed E-state index contributed by atoms with van der Waals surface area (Å²) in [5, 5.41) is 29.6. The van der Waals surface area contributed by atoms with Crippen LogP contribution in [0.3, 0.4) is 0 Å². The second kappa shape index (κ2) is 8.95. The number of piperidine rings is 1. The lowest BCUT2D eigenvalue weighted by atomic mass is 9.87. The van der Waals surface area contributed by atoms with Crippen molar-refractivity contribution in [2.75, 3.05) is 30.8 Å². The van der Waals surface area contributed by atoms with Crippen LogP contribution in [0.25, 0.3) is 0 Å². The quantitative estimate of drug-likeness (QED) is 0.836. The summed E-state index contributed by atoms with van der Waals surface area (Å²) in [6.07, 6.45) is 3.48. The van der Waals surface area contributed by atoms with Gasteiger partial charge in [-0.25, -0.2) is 4.98 Å². The first-order valence-corrected chi connectivity index (χ1v) is 9.54. The Morgan fingerprint density at radius 3 is 2.48 bits per heavy atom. The number of methoxy groups -OCH3 is 1. The molecule has 1 aliphatic heterocycles. The van der Waals surface area contributed by atoms with Crippen molar-refractivity contribution >= 4 is 11.6 Å². The lowest BCUT2D eigenvalue weighted by molar-refractivity contribution is 0.414. The Kier molecular flexibility index (Phi) is 6.17. The van der Waals surface area contributed by atoms with Gasteiger partial charge in [0.2, 0.25) is 0 Å². The van der Waals surface area contributed by atoms with E-state index >= 15 is 0 Å². The van der Waals surface area contributed by atoms with Crippen LogP contribution in [0.1, 0.15) is 47.4 Å². The van der Waals surface area contributed by atoms with Crippen LogP contribution in [0.2, 0.25) is 0 Å². The summed E-state index contributed by atoms with van der Waals surface area (Å²) >= 11 is 0. The number of nitriles is 3.